The Bertz CT molecular complexity index is 984. The van der Waals surface area contributed by atoms with Gasteiger partial charge in [-0.25, -0.2) is 9.97 Å². The molecular weight excluding hydrogens is 432 g/mol. The lowest BCUT2D eigenvalue weighted by molar-refractivity contribution is -0.385. The maximum atomic E-state index is 12.4. The second-order valence-corrected chi connectivity index (χ2v) is 7.08. The Balaban J connectivity index is 1.87. The molecule has 1 aromatic heterocycles. The molecule has 1 aromatic carbocycles. The van der Waals surface area contributed by atoms with Crippen molar-refractivity contribution in [3.63, 3.8) is 0 Å². The van der Waals surface area contributed by atoms with Crippen LogP contribution in [0, 0.1) is 17.0 Å². The molecule has 12 heteroatoms. The Morgan fingerprint density at radius 1 is 1.18 bits per heavy atom. The van der Waals surface area contributed by atoms with E-state index in [1.54, 1.807) is 37.5 Å². The standard InChI is InChI=1S/C21H26N6O6/c1-14-6-7-15(11-17(14)27(31)32)16(12-20(30)33-2)26-19(29)13-25-18(28)5-3-8-22-21-23-9-4-10-24-21/h4,6-7,9-11,16H,3,5,8,12-13H2,1-2H3,(H,25,28)(H,26,29)(H,22,23,24). The smallest absolute Gasteiger partial charge is 0.307 e. The van der Waals surface area contributed by atoms with Crippen LogP contribution in [0.4, 0.5) is 11.6 Å². The van der Waals surface area contributed by atoms with Crippen LogP contribution in [0.3, 0.4) is 0 Å². The van der Waals surface area contributed by atoms with Crippen LogP contribution in [-0.2, 0) is 19.1 Å². The largest absolute Gasteiger partial charge is 0.469 e. The summed E-state index contributed by atoms with van der Waals surface area (Å²) in [7, 11) is 1.21. The third-order valence-electron chi connectivity index (χ3n) is 4.64. The van der Waals surface area contributed by atoms with E-state index in [2.05, 4.69) is 30.7 Å². The van der Waals surface area contributed by atoms with Crippen LogP contribution in [0.15, 0.2) is 36.7 Å². The number of benzene rings is 1. The van der Waals surface area contributed by atoms with E-state index in [-0.39, 0.29) is 31.0 Å². The zero-order valence-electron chi connectivity index (χ0n) is 18.4. The normalized spacial score (nSPS) is 11.2. The minimum Gasteiger partial charge on any atom is -0.469 e. The number of hydrogen-bond donors (Lipinski definition) is 3. The molecule has 2 amide bonds. The molecule has 2 aromatic rings. The van der Waals surface area contributed by atoms with Crippen LogP contribution in [0.5, 0.6) is 0 Å². The number of nitrogens with one attached hydrogen (secondary N) is 3. The molecule has 0 fully saturated rings. The number of carbonyl (C=O) groups excluding carboxylic acids is 3. The predicted molar refractivity (Wildman–Crippen MR) is 118 cm³/mol. The molecular formula is C21H26N6O6. The Kier molecular flexibility index (Phi) is 9.68. The maximum Gasteiger partial charge on any atom is 0.307 e. The third kappa shape index (κ3) is 8.51. The monoisotopic (exact) mass is 458 g/mol. The number of carbonyl (C=O) groups is 3. The Morgan fingerprint density at radius 2 is 1.91 bits per heavy atom. The molecule has 0 radical (unpaired) electrons. The lowest BCUT2D eigenvalue weighted by atomic mass is 10.0. The number of aryl methyl sites for hydroxylation is 1. The van der Waals surface area contributed by atoms with Gasteiger partial charge in [-0.1, -0.05) is 12.1 Å². The SMILES string of the molecule is COC(=O)CC(NC(=O)CNC(=O)CCCNc1ncccn1)c1ccc(C)c([N+](=O)[O-])c1. The first-order chi connectivity index (χ1) is 15.8. The van der Waals surface area contributed by atoms with E-state index in [9.17, 15) is 24.5 Å². The average Bonchev–Trinajstić information content (AvgIpc) is 2.80. The first-order valence-corrected chi connectivity index (χ1v) is 10.2. The van der Waals surface area contributed by atoms with Gasteiger partial charge in [0.05, 0.1) is 31.0 Å². The summed E-state index contributed by atoms with van der Waals surface area (Å²) >= 11 is 0. The summed E-state index contributed by atoms with van der Waals surface area (Å²) in [5.74, 6) is -1.000. The van der Waals surface area contributed by atoms with E-state index in [1.807, 2.05) is 0 Å². The number of aromatic nitrogens is 2. The molecule has 33 heavy (non-hydrogen) atoms. The van der Waals surface area contributed by atoms with Gasteiger partial charge in [0.15, 0.2) is 0 Å². The number of nitro benzene ring substituents is 1. The molecule has 0 aliphatic carbocycles. The first-order valence-electron chi connectivity index (χ1n) is 10.2. The van der Waals surface area contributed by atoms with Crippen molar-refractivity contribution < 1.29 is 24.0 Å². The van der Waals surface area contributed by atoms with Crippen LogP contribution in [0.25, 0.3) is 0 Å². The first kappa shape index (κ1) is 25.2. The third-order valence-corrected chi connectivity index (χ3v) is 4.64. The van der Waals surface area contributed by atoms with E-state index in [4.69, 9.17) is 0 Å². The quantitative estimate of drug-likeness (QED) is 0.184. The van der Waals surface area contributed by atoms with Crippen molar-refractivity contribution in [2.24, 2.45) is 0 Å². The van der Waals surface area contributed by atoms with Gasteiger partial charge in [-0.15, -0.1) is 0 Å². The second kappa shape index (κ2) is 12.7. The van der Waals surface area contributed by atoms with Gasteiger partial charge in [-0.05, 0) is 25.0 Å². The zero-order chi connectivity index (χ0) is 24.2. The van der Waals surface area contributed by atoms with E-state index in [0.29, 0.717) is 30.0 Å². The summed E-state index contributed by atoms with van der Waals surface area (Å²) in [6.45, 7) is 1.77. The topological polar surface area (TPSA) is 165 Å². The van der Waals surface area contributed by atoms with Gasteiger partial charge >= 0.3 is 5.97 Å². The van der Waals surface area contributed by atoms with Gasteiger partial charge < -0.3 is 20.7 Å². The lowest BCUT2D eigenvalue weighted by Crippen LogP contribution is -2.39. The van der Waals surface area contributed by atoms with Crippen molar-refractivity contribution in [1.29, 1.82) is 0 Å². The summed E-state index contributed by atoms with van der Waals surface area (Å²) in [6.07, 6.45) is 3.67. The fourth-order valence-corrected chi connectivity index (χ4v) is 2.89. The molecule has 12 nitrogen and oxygen atoms in total. The Hall–Kier alpha value is -4.09. The number of ether oxygens (including phenoxy) is 1. The van der Waals surface area contributed by atoms with Crippen molar-refractivity contribution in [3.8, 4) is 0 Å². The second-order valence-electron chi connectivity index (χ2n) is 7.08. The van der Waals surface area contributed by atoms with Gasteiger partial charge in [0.1, 0.15) is 0 Å². The summed E-state index contributed by atoms with van der Waals surface area (Å²) in [5, 5.41) is 19.3. The number of rotatable bonds is 12. The van der Waals surface area contributed by atoms with Gasteiger partial charge in [0.25, 0.3) is 5.69 Å². The van der Waals surface area contributed by atoms with E-state index < -0.39 is 22.8 Å². The minimum atomic E-state index is -0.851. The number of anilines is 1. The van der Waals surface area contributed by atoms with Crippen LogP contribution < -0.4 is 16.0 Å². The summed E-state index contributed by atoms with van der Waals surface area (Å²) in [4.78, 5) is 54.9. The molecule has 1 unspecified atom stereocenters. The fraction of sp³-hybridized carbons (Fsp3) is 0.381. The summed E-state index contributed by atoms with van der Waals surface area (Å²) < 4.78 is 4.66. The van der Waals surface area contributed by atoms with E-state index in [0.717, 1.165) is 0 Å². The zero-order valence-corrected chi connectivity index (χ0v) is 18.4. The van der Waals surface area contributed by atoms with E-state index >= 15 is 0 Å². The number of methoxy groups -OCH3 is 1. The maximum absolute atomic E-state index is 12.4. The van der Waals surface area contributed by atoms with Crippen molar-refractivity contribution >= 4 is 29.4 Å². The summed E-state index contributed by atoms with van der Waals surface area (Å²) in [6, 6.07) is 5.29. The average molecular weight is 458 g/mol. The highest BCUT2D eigenvalue weighted by Gasteiger charge is 2.22. The molecule has 0 saturated heterocycles. The van der Waals surface area contributed by atoms with Gasteiger partial charge in [0.2, 0.25) is 17.8 Å². The highest BCUT2D eigenvalue weighted by atomic mass is 16.6. The highest BCUT2D eigenvalue weighted by molar-refractivity contribution is 5.85. The van der Waals surface area contributed by atoms with Crippen LogP contribution >= 0.6 is 0 Å². The van der Waals surface area contributed by atoms with Crippen molar-refractivity contribution in [2.75, 3.05) is 25.5 Å². The molecule has 1 atom stereocenters. The van der Waals surface area contributed by atoms with Gasteiger partial charge in [-0.2, -0.15) is 0 Å². The molecule has 1 heterocycles. The van der Waals surface area contributed by atoms with Crippen LogP contribution in [0.1, 0.15) is 36.4 Å². The Labute approximate surface area is 190 Å². The highest BCUT2D eigenvalue weighted by Crippen LogP contribution is 2.25. The van der Waals surface area contributed by atoms with E-state index in [1.165, 1.54) is 13.2 Å². The number of amides is 2. The number of nitrogens with zero attached hydrogens (tertiary/aromatic N) is 3. The molecule has 0 spiro atoms. The number of nitro groups is 1. The van der Waals surface area contributed by atoms with Crippen LogP contribution in [0.2, 0.25) is 0 Å². The fourth-order valence-electron chi connectivity index (χ4n) is 2.89. The molecule has 0 aliphatic rings. The van der Waals surface area contributed by atoms with Gasteiger partial charge in [-0.3, -0.25) is 24.5 Å². The molecule has 3 N–H and O–H groups in total. The number of hydrogen-bond acceptors (Lipinski definition) is 9. The molecule has 0 aliphatic heterocycles. The predicted octanol–water partition coefficient (Wildman–Crippen LogP) is 1.42. The molecule has 0 bridgehead atoms. The Morgan fingerprint density at radius 3 is 2.58 bits per heavy atom. The minimum absolute atomic E-state index is 0.126. The van der Waals surface area contributed by atoms with Crippen molar-refractivity contribution in [1.82, 2.24) is 20.6 Å². The van der Waals surface area contributed by atoms with Crippen molar-refractivity contribution in [2.45, 2.75) is 32.2 Å². The lowest BCUT2D eigenvalue weighted by Gasteiger charge is -2.19. The van der Waals surface area contributed by atoms with Crippen LogP contribution in [-0.4, -0.2) is 52.9 Å². The number of esters is 1. The molecule has 176 valence electrons. The summed E-state index contributed by atoms with van der Waals surface area (Å²) in [5.41, 5.74) is 0.707. The van der Waals surface area contributed by atoms with Crippen molar-refractivity contribution in [3.05, 3.63) is 57.9 Å². The van der Waals surface area contributed by atoms with Gasteiger partial charge in [0, 0.05) is 37.0 Å². The molecule has 0 saturated carbocycles. The molecule has 2 rings (SSSR count).